The molecular weight excluding hydrogens is 312 g/mol. The minimum absolute atomic E-state index is 0.277. The van der Waals surface area contributed by atoms with Gasteiger partial charge in [-0.2, -0.15) is 0 Å². The SMILES string of the molecule is CN(C)c1cc(C#CC2CC2)cnc1/C(N)=C/NCC1CCCCO1. The number of pyridine rings is 1. The van der Waals surface area contributed by atoms with Gasteiger partial charge in [0.1, 0.15) is 5.69 Å². The van der Waals surface area contributed by atoms with Gasteiger partial charge in [-0.15, -0.1) is 0 Å². The fraction of sp³-hybridized carbons (Fsp3) is 0.550. The highest BCUT2D eigenvalue weighted by atomic mass is 16.5. The highest BCUT2D eigenvalue weighted by molar-refractivity contribution is 5.72. The molecule has 1 unspecified atom stereocenters. The average molecular weight is 340 g/mol. The van der Waals surface area contributed by atoms with Crippen molar-refractivity contribution in [2.75, 3.05) is 32.1 Å². The number of nitrogens with one attached hydrogen (secondary N) is 1. The zero-order valence-electron chi connectivity index (χ0n) is 15.2. The van der Waals surface area contributed by atoms with Gasteiger partial charge >= 0.3 is 0 Å². The van der Waals surface area contributed by atoms with Crippen LogP contribution in [-0.2, 0) is 4.74 Å². The molecule has 0 bridgehead atoms. The first-order valence-electron chi connectivity index (χ1n) is 9.13. The number of aromatic nitrogens is 1. The molecule has 2 aliphatic rings. The van der Waals surface area contributed by atoms with E-state index in [9.17, 15) is 0 Å². The lowest BCUT2D eigenvalue weighted by atomic mass is 10.1. The van der Waals surface area contributed by atoms with Gasteiger partial charge in [0.25, 0.3) is 0 Å². The van der Waals surface area contributed by atoms with Gasteiger partial charge < -0.3 is 20.7 Å². The number of hydrogen-bond donors (Lipinski definition) is 2. The van der Waals surface area contributed by atoms with Gasteiger partial charge in [-0.05, 0) is 38.2 Å². The first-order valence-corrected chi connectivity index (χ1v) is 9.13. The second-order valence-electron chi connectivity index (χ2n) is 7.03. The van der Waals surface area contributed by atoms with Crippen molar-refractivity contribution in [3.05, 3.63) is 29.7 Å². The predicted molar refractivity (Wildman–Crippen MR) is 102 cm³/mol. The van der Waals surface area contributed by atoms with Crippen LogP contribution in [0.25, 0.3) is 5.70 Å². The molecule has 25 heavy (non-hydrogen) atoms. The van der Waals surface area contributed by atoms with E-state index in [2.05, 4.69) is 28.2 Å². The molecule has 134 valence electrons. The molecule has 3 N–H and O–H groups in total. The van der Waals surface area contributed by atoms with Gasteiger partial charge in [0.2, 0.25) is 0 Å². The number of anilines is 1. The minimum atomic E-state index is 0.277. The summed E-state index contributed by atoms with van der Waals surface area (Å²) in [7, 11) is 3.99. The molecule has 0 radical (unpaired) electrons. The van der Waals surface area contributed by atoms with Crippen LogP contribution in [0.4, 0.5) is 5.69 Å². The molecule has 1 atom stereocenters. The molecular formula is C20H28N4O. The normalized spacial score (nSPS) is 20.6. The Morgan fingerprint density at radius 2 is 2.24 bits per heavy atom. The number of ether oxygens (including phenoxy) is 1. The Balaban J connectivity index is 1.68. The highest BCUT2D eigenvalue weighted by Gasteiger charge is 2.18. The van der Waals surface area contributed by atoms with Crippen molar-refractivity contribution in [1.82, 2.24) is 10.3 Å². The predicted octanol–water partition coefficient (Wildman–Crippen LogP) is 2.32. The lowest BCUT2D eigenvalue weighted by Crippen LogP contribution is -2.29. The molecule has 1 aromatic heterocycles. The number of hydrogen-bond acceptors (Lipinski definition) is 5. The maximum absolute atomic E-state index is 6.26. The molecule has 0 spiro atoms. The second-order valence-corrected chi connectivity index (χ2v) is 7.03. The van der Waals surface area contributed by atoms with Crippen LogP contribution in [0, 0.1) is 17.8 Å². The van der Waals surface area contributed by atoms with Crippen molar-refractivity contribution in [2.24, 2.45) is 11.7 Å². The van der Waals surface area contributed by atoms with Crippen molar-refractivity contribution < 1.29 is 4.74 Å². The van der Waals surface area contributed by atoms with Gasteiger partial charge in [-0.25, -0.2) is 0 Å². The highest BCUT2D eigenvalue weighted by Crippen LogP contribution is 2.28. The van der Waals surface area contributed by atoms with Crippen LogP contribution in [-0.4, -0.2) is 38.3 Å². The third-order valence-corrected chi connectivity index (χ3v) is 4.50. The summed E-state index contributed by atoms with van der Waals surface area (Å²) >= 11 is 0. The molecule has 5 heteroatoms. The summed E-state index contributed by atoms with van der Waals surface area (Å²) < 4.78 is 5.72. The molecule has 1 saturated heterocycles. The fourth-order valence-electron chi connectivity index (χ4n) is 2.83. The average Bonchev–Trinajstić information content (AvgIpc) is 3.45. The summed E-state index contributed by atoms with van der Waals surface area (Å²) in [5, 5.41) is 3.28. The van der Waals surface area contributed by atoms with Gasteiger partial charge in [0.05, 0.1) is 17.5 Å². The molecule has 1 saturated carbocycles. The Morgan fingerprint density at radius 3 is 2.92 bits per heavy atom. The zero-order chi connectivity index (χ0) is 17.6. The van der Waals surface area contributed by atoms with Crippen molar-refractivity contribution >= 4 is 11.4 Å². The smallest absolute Gasteiger partial charge is 0.111 e. The van der Waals surface area contributed by atoms with E-state index in [-0.39, 0.29) is 6.10 Å². The summed E-state index contributed by atoms with van der Waals surface area (Å²) in [6, 6.07) is 2.06. The maximum atomic E-state index is 6.26. The topological polar surface area (TPSA) is 63.4 Å². The monoisotopic (exact) mass is 340 g/mol. The summed E-state index contributed by atoms with van der Waals surface area (Å²) in [6.07, 6.45) is 9.89. The molecule has 2 heterocycles. The van der Waals surface area contributed by atoms with E-state index in [0.717, 1.165) is 36.5 Å². The standard InChI is InChI=1S/C20H28N4O/c1-24(2)19-11-16(9-8-15-6-7-15)12-23-20(19)18(21)14-22-13-17-5-3-4-10-25-17/h11-12,14-15,17,22H,3-7,10,13,21H2,1-2H3/b18-14-. The van der Waals surface area contributed by atoms with Gasteiger partial charge in [-0.3, -0.25) is 4.98 Å². The van der Waals surface area contributed by atoms with Crippen LogP contribution in [0.3, 0.4) is 0 Å². The molecule has 5 nitrogen and oxygen atoms in total. The molecule has 1 aliphatic heterocycles. The van der Waals surface area contributed by atoms with Crippen molar-refractivity contribution in [3.63, 3.8) is 0 Å². The molecule has 0 aromatic carbocycles. The van der Waals surface area contributed by atoms with Crippen molar-refractivity contribution in [3.8, 4) is 11.8 Å². The van der Waals surface area contributed by atoms with Crippen molar-refractivity contribution in [1.29, 1.82) is 0 Å². The van der Waals surface area contributed by atoms with Crippen LogP contribution in [0.5, 0.6) is 0 Å². The van der Waals surface area contributed by atoms with Gasteiger partial charge in [0.15, 0.2) is 0 Å². The van der Waals surface area contributed by atoms with E-state index in [1.54, 1.807) is 0 Å². The van der Waals surface area contributed by atoms with Crippen LogP contribution in [0.2, 0.25) is 0 Å². The van der Waals surface area contributed by atoms with Crippen LogP contribution in [0.15, 0.2) is 18.5 Å². The lowest BCUT2D eigenvalue weighted by molar-refractivity contribution is 0.0188. The van der Waals surface area contributed by atoms with Gasteiger partial charge in [0, 0.05) is 51.1 Å². The summed E-state index contributed by atoms with van der Waals surface area (Å²) in [4.78, 5) is 6.58. The van der Waals surface area contributed by atoms with Crippen LogP contribution >= 0.6 is 0 Å². The Hall–Kier alpha value is -2.19. The summed E-state index contributed by atoms with van der Waals surface area (Å²) in [6.45, 7) is 1.64. The first kappa shape index (κ1) is 17.6. The summed E-state index contributed by atoms with van der Waals surface area (Å²) in [5.41, 5.74) is 9.59. The van der Waals surface area contributed by atoms with E-state index in [0.29, 0.717) is 11.6 Å². The summed E-state index contributed by atoms with van der Waals surface area (Å²) in [5.74, 6) is 7.08. The second kappa shape index (κ2) is 8.26. The zero-order valence-corrected chi connectivity index (χ0v) is 15.2. The molecule has 1 aliphatic carbocycles. The Morgan fingerprint density at radius 1 is 1.40 bits per heavy atom. The van der Waals surface area contributed by atoms with E-state index >= 15 is 0 Å². The largest absolute Gasteiger partial charge is 0.396 e. The third-order valence-electron chi connectivity index (χ3n) is 4.50. The number of rotatable bonds is 5. The Kier molecular flexibility index (Phi) is 5.83. The van der Waals surface area contributed by atoms with E-state index in [4.69, 9.17) is 10.5 Å². The molecule has 0 amide bonds. The van der Waals surface area contributed by atoms with Crippen molar-refractivity contribution in [2.45, 2.75) is 38.2 Å². The Labute approximate surface area is 150 Å². The fourth-order valence-corrected chi connectivity index (χ4v) is 2.83. The van der Waals surface area contributed by atoms with E-state index in [1.165, 1.54) is 25.7 Å². The third kappa shape index (κ3) is 5.14. The lowest BCUT2D eigenvalue weighted by Gasteiger charge is -2.22. The minimum Gasteiger partial charge on any atom is -0.396 e. The number of nitrogens with two attached hydrogens (primary N) is 1. The molecule has 2 fully saturated rings. The Bertz CT molecular complexity index is 677. The number of nitrogens with zero attached hydrogens (tertiary/aromatic N) is 2. The first-order chi connectivity index (χ1) is 12.1. The van der Waals surface area contributed by atoms with E-state index < -0.39 is 0 Å². The van der Waals surface area contributed by atoms with Crippen LogP contribution in [0.1, 0.15) is 43.4 Å². The quantitative estimate of drug-likeness (QED) is 0.806. The van der Waals surface area contributed by atoms with E-state index in [1.807, 2.05) is 31.4 Å². The van der Waals surface area contributed by atoms with Gasteiger partial charge in [-0.1, -0.05) is 11.8 Å². The molecule has 1 aromatic rings. The van der Waals surface area contributed by atoms with Crippen LogP contribution < -0.4 is 16.0 Å². The molecule has 3 rings (SSSR count). The maximum Gasteiger partial charge on any atom is 0.111 e.